The second kappa shape index (κ2) is 13.5. The van der Waals surface area contributed by atoms with E-state index in [-0.39, 0.29) is 10.8 Å². The van der Waals surface area contributed by atoms with Gasteiger partial charge >= 0.3 is 0 Å². The molecule has 5 nitrogen and oxygen atoms in total. The Balaban J connectivity index is 1.15. The van der Waals surface area contributed by atoms with Crippen molar-refractivity contribution in [1.82, 2.24) is 14.1 Å². The summed E-state index contributed by atoms with van der Waals surface area (Å²) in [4.78, 5) is 4.91. The molecule has 0 amide bonds. The van der Waals surface area contributed by atoms with Crippen molar-refractivity contribution < 1.29 is 13.4 Å². The third-order valence-corrected chi connectivity index (χ3v) is 11.2. The zero-order valence-electron chi connectivity index (χ0n) is 35.9. The Morgan fingerprint density at radius 1 is 0.732 bits per heavy atom. The standard InChI is InChI=1S/C51H49N4O/c1-34-14-11-21-46-49(34)54(39-18-12-17-37(29-39)50(2,3)4)33-53(46)40-19-13-20-41(31-40)56-42-23-24-43-44-28-36(35-15-9-8-10-16-35)22-25-45(44)55(47(43)32-42)48-30-38(26-27-52-48)51(5,6)7/h8-28,30-33,37H,29H2,1-7H3/q+1/t37-/m0/s1/i1D3. The first-order valence-electron chi connectivity index (χ1n) is 21.0. The number of nitrogens with zero attached hydrogens (tertiary/aromatic N) is 4. The number of ether oxygens (including phenoxy) is 1. The molecule has 0 radical (unpaired) electrons. The molecular formula is C51H49N4O+. The van der Waals surface area contributed by atoms with Crippen molar-refractivity contribution in [3.05, 3.63) is 163 Å². The molecule has 56 heavy (non-hydrogen) atoms. The first-order valence-corrected chi connectivity index (χ1v) is 19.5. The van der Waals surface area contributed by atoms with Crippen LogP contribution in [0.2, 0.25) is 0 Å². The lowest BCUT2D eigenvalue weighted by atomic mass is 9.76. The van der Waals surface area contributed by atoms with Gasteiger partial charge in [-0.05, 0) is 101 Å². The number of hydrogen-bond acceptors (Lipinski definition) is 2. The summed E-state index contributed by atoms with van der Waals surface area (Å²) in [7, 11) is 0. The Labute approximate surface area is 334 Å². The molecule has 8 aromatic rings. The van der Waals surface area contributed by atoms with Gasteiger partial charge in [0.15, 0.2) is 11.0 Å². The maximum atomic E-state index is 8.48. The van der Waals surface area contributed by atoms with Crippen LogP contribution in [-0.4, -0.2) is 14.1 Å². The number of pyridine rings is 1. The van der Waals surface area contributed by atoms with E-state index in [0.29, 0.717) is 28.5 Å². The third-order valence-electron chi connectivity index (χ3n) is 11.2. The summed E-state index contributed by atoms with van der Waals surface area (Å²) >= 11 is 0. The fraction of sp³-hybridized carbons (Fsp3) is 0.216. The van der Waals surface area contributed by atoms with Crippen molar-refractivity contribution in [2.24, 2.45) is 11.3 Å². The molecule has 1 aliphatic carbocycles. The summed E-state index contributed by atoms with van der Waals surface area (Å²) in [5, 5.41) is 2.25. The Kier molecular flexibility index (Phi) is 7.75. The highest BCUT2D eigenvalue weighted by molar-refractivity contribution is 6.10. The fourth-order valence-electron chi connectivity index (χ4n) is 8.03. The Hall–Kier alpha value is -6.20. The van der Waals surface area contributed by atoms with Crippen LogP contribution in [0.3, 0.4) is 0 Å². The highest BCUT2D eigenvalue weighted by Crippen LogP contribution is 2.39. The van der Waals surface area contributed by atoms with Crippen LogP contribution in [0.5, 0.6) is 11.5 Å². The topological polar surface area (TPSA) is 35.9 Å². The van der Waals surface area contributed by atoms with Crippen LogP contribution in [0.1, 0.15) is 63.2 Å². The van der Waals surface area contributed by atoms with Crippen LogP contribution in [0.4, 0.5) is 0 Å². The highest BCUT2D eigenvalue weighted by atomic mass is 16.5. The monoisotopic (exact) mass is 736 g/mol. The summed E-state index contributed by atoms with van der Waals surface area (Å²) in [6, 6.07) is 41.2. The third kappa shape index (κ3) is 6.41. The molecule has 0 unspecified atom stereocenters. The lowest BCUT2D eigenvalue weighted by Gasteiger charge is -2.29. The van der Waals surface area contributed by atoms with Gasteiger partial charge < -0.3 is 4.74 Å². The molecule has 278 valence electrons. The number of allylic oxidation sites excluding steroid dienone is 4. The van der Waals surface area contributed by atoms with E-state index in [1.165, 1.54) is 11.1 Å². The lowest BCUT2D eigenvalue weighted by Crippen LogP contribution is -2.35. The van der Waals surface area contributed by atoms with E-state index in [2.05, 4.69) is 140 Å². The van der Waals surface area contributed by atoms with Gasteiger partial charge in [0, 0.05) is 45.2 Å². The molecule has 0 bridgehead atoms. The van der Waals surface area contributed by atoms with E-state index in [4.69, 9.17) is 13.8 Å². The number of benzene rings is 5. The molecule has 1 aliphatic rings. The van der Waals surface area contributed by atoms with Gasteiger partial charge in [-0.2, -0.15) is 9.13 Å². The van der Waals surface area contributed by atoms with Crippen molar-refractivity contribution in [1.29, 1.82) is 0 Å². The minimum atomic E-state index is -2.29. The first kappa shape index (κ1) is 32.1. The molecule has 0 saturated carbocycles. The Morgan fingerprint density at radius 3 is 2.36 bits per heavy atom. The quantitative estimate of drug-likeness (QED) is 0.159. The minimum absolute atomic E-state index is 0.0475. The molecule has 5 aromatic carbocycles. The summed E-state index contributed by atoms with van der Waals surface area (Å²) < 4.78 is 38.5. The van der Waals surface area contributed by atoms with E-state index in [1.807, 2.05) is 61.1 Å². The van der Waals surface area contributed by atoms with Gasteiger partial charge in [-0.15, -0.1) is 0 Å². The van der Waals surface area contributed by atoms with Gasteiger partial charge in [0.1, 0.15) is 28.7 Å². The maximum absolute atomic E-state index is 8.48. The predicted octanol–water partition coefficient (Wildman–Crippen LogP) is 12.9. The smallest absolute Gasteiger partial charge is 0.254 e. The average Bonchev–Trinajstić information content (AvgIpc) is 3.76. The van der Waals surface area contributed by atoms with Crippen LogP contribution in [-0.2, 0) is 5.41 Å². The van der Waals surface area contributed by atoms with E-state index < -0.39 is 6.85 Å². The molecule has 5 heteroatoms. The molecular weight excluding hydrogens is 685 g/mol. The molecule has 0 saturated heterocycles. The van der Waals surface area contributed by atoms with Crippen molar-refractivity contribution >= 4 is 38.5 Å². The number of rotatable bonds is 6. The van der Waals surface area contributed by atoms with Crippen molar-refractivity contribution in [2.45, 2.75) is 60.2 Å². The van der Waals surface area contributed by atoms with Crippen LogP contribution < -0.4 is 9.30 Å². The molecule has 0 fully saturated rings. The second-order valence-corrected chi connectivity index (χ2v) is 17.1. The largest absolute Gasteiger partial charge is 0.457 e. The maximum Gasteiger partial charge on any atom is 0.254 e. The van der Waals surface area contributed by atoms with Crippen molar-refractivity contribution in [3.63, 3.8) is 0 Å². The normalized spacial score (nSPS) is 15.9. The van der Waals surface area contributed by atoms with Crippen molar-refractivity contribution in [2.75, 3.05) is 0 Å². The van der Waals surface area contributed by atoms with E-state index in [0.717, 1.165) is 56.5 Å². The summed E-state index contributed by atoms with van der Waals surface area (Å²) in [5.74, 6) is 2.52. The van der Waals surface area contributed by atoms with Gasteiger partial charge in [-0.1, -0.05) is 108 Å². The van der Waals surface area contributed by atoms with Gasteiger partial charge in [-0.25, -0.2) is 4.98 Å². The van der Waals surface area contributed by atoms with Gasteiger partial charge in [-0.3, -0.25) is 4.57 Å². The summed E-state index contributed by atoms with van der Waals surface area (Å²) in [5.41, 5.74) is 9.34. The Bertz CT molecular complexity index is 2960. The van der Waals surface area contributed by atoms with Crippen LogP contribution in [0.25, 0.3) is 61.2 Å². The van der Waals surface area contributed by atoms with Crippen LogP contribution in [0, 0.1) is 18.2 Å². The van der Waals surface area contributed by atoms with Crippen molar-refractivity contribution in [3.8, 4) is 34.1 Å². The molecule has 0 spiro atoms. The molecule has 3 heterocycles. The van der Waals surface area contributed by atoms with Crippen LogP contribution >= 0.6 is 0 Å². The van der Waals surface area contributed by atoms with Gasteiger partial charge in [0.05, 0.1) is 11.0 Å². The number of aryl methyl sites for hydroxylation is 1. The fourth-order valence-corrected chi connectivity index (χ4v) is 8.03. The molecule has 0 aliphatic heterocycles. The second-order valence-electron chi connectivity index (χ2n) is 17.1. The molecule has 0 N–H and O–H groups in total. The van der Waals surface area contributed by atoms with Gasteiger partial charge in [0.2, 0.25) is 0 Å². The highest BCUT2D eigenvalue weighted by Gasteiger charge is 2.30. The molecule has 9 rings (SSSR count). The number of hydrogen-bond donors (Lipinski definition) is 0. The SMILES string of the molecule is [2H]C([2H])([2H])c1cccc2c1[n+](C1=CC=C[C@H](C(C)(C)C)C1)cn2-c1cccc(Oc2ccc3c4cc(-c5ccccc5)ccc4n(-c4cc(C(C)(C)C)ccn4)c3c2)c1. The average molecular weight is 737 g/mol. The number of aromatic nitrogens is 4. The van der Waals surface area contributed by atoms with Crippen LogP contribution in [0.15, 0.2) is 152 Å². The first-order chi connectivity index (χ1) is 28.1. The summed E-state index contributed by atoms with van der Waals surface area (Å²) in [6.07, 6.45) is 11.2. The van der Waals surface area contributed by atoms with Gasteiger partial charge in [0.25, 0.3) is 6.33 Å². The summed E-state index contributed by atoms with van der Waals surface area (Å²) in [6.45, 7) is 11.1. The molecule has 1 atom stereocenters. The van der Waals surface area contributed by atoms with E-state index in [9.17, 15) is 0 Å². The molecule has 3 aromatic heterocycles. The Morgan fingerprint density at radius 2 is 1.55 bits per heavy atom. The zero-order chi connectivity index (χ0) is 41.3. The number of para-hydroxylation sites is 1. The predicted molar refractivity (Wildman–Crippen MR) is 232 cm³/mol. The van der Waals surface area contributed by atoms with E-state index in [1.54, 1.807) is 6.07 Å². The number of fused-ring (bicyclic) bond motifs is 4. The van der Waals surface area contributed by atoms with E-state index >= 15 is 0 Å². The number of imidazole rings is 1. The zero-order valence-corrected chi connectivity index (χ0v) is 32.9. The lowest BCUT2D eigenvalue weighted by molar-refractivity contribution is -0.556. The minimum Gasteiger partial charge on any atom is -0.457 e.